The molecule has 1 amide bonds. The van der Waals surface area contributed by atoms with E-state index in [1.165, 1.54) is 22.0 Å². The third kappa shape index (κ3) is 3.93. The minimum absolute atomic E-state index is 0. The summed E-state index contributed by atoms with van der Waals surface area (Å²) in [4.78, 5) is 29.4. The average Bonchev–Trinajstić information content (AvgIpc) is 2.69. The Morgan fingerprint density at radius 3 is 2.93 bits per heavy atom. The largest absolute Gasteiger partial charge is 0.353 e. The Morgan fingerprint density at radius 2 is 2.07 bits per heavy atom. The highest BCUT2D eigenvalue weighted by Gasteiger charge is 2.19. The quantitative estimate of drug-likeness (QED) is 0.706. The van der Waals surface area contributed by atoms with Gasteiger partial charge in [-0.3, -0.25) is 14.2 Å². The number of amides is 1. The third-order valence-electron chi connectivity index (χ3n) is 5.09. The second-order valence-corrected chi connectivity index (χ2v) is 6.91. The van der Waals surface area contributed by atoms with Gasteiger partial charge in [-0.2, -0.15) is 0 Å². The molecule has 2 heterocycles. The van der Waals surface area contributed by atoms with Crippen LogP contribution in [0.3, 0.4) is 0 Å². The van der Waals surface area contributed by atoms with E-state index in [0.29, 0.717) is 17.4 Å². The summed E-state index contributed by atoms with van der Waals surface area (Å²) in [5, 5.41) is 6.92. The van der Waals surface area contributed by atoms with Crippen LogP contribution in [0.15, 0.2) is 53.6 Å². The number of benzene rings is 2. The van der Waals surface area contributed by atoms with Gasteiger partial charge in [0.05, 0.1) is 17.2 Å². The van der Waals surface area contributed by atoms with Gasteiger partial charge in [-0.05, 0) is 42.6 Å². The summed E-state index contributed by atoms with van der Waals surface area (Å²) in [7, 11) is 0. The zero-order valence-electron chi connectivity index (χ0n) is 15.6. The van der Waals surface area contributed by atoms with Crippen molar-refractivity contribution < 1.29 is 4.79 Å². The topological polar surface area (TPSA) is 76.0 Å². The summed E-state index contributed by atoms with van der Waals surface area (Å²) in [6.45, 7) is 3.26. The Bertz CT molecular complexity index is 1060. The normalized spacial score (nSPS) is 15.5. The zero-order chi connectivity index (χ0) is 18.8. The first-order chi connectivity index (χ1) is 13.1. The predicted octanol–water partition coefficient (Wildman–Crippen LogP) is 2.13. The molecule has 3 aromatic rings. The van der Waals surface area contributed by atoms with Crippen LogP contribution < -0.4 is 16.2 Å². The number of halogens is 1. The molecule has 7 heteroatoms. The van der Waals surface area contributed by atoms with Gasteiger partial charge in [-0.1, -0.05) is 36.4 Å². The van der Waals surface area contributed by atoms with Crippen LogP contribution in [0.1, 0.15) is 22.7 Å². The number of nitrogens with one attached hydrogen (secondary N) is 2. The lowest BCUT2D eigenvalue weighted by molar-refractivity contribution is -0.121. The van der Waals surface area contributed by atoms with Crippen molar-refractivity contribution in [1.29, 1.82) is 0 Å². The van der Waals surface area contributed by atoms with Gasteiger partial charge in [0.1, 0.15) is 6.54 Å². The Kier molecular flexibility index (Phi) is 6.11. The van der Waals surface area contributed by atoms with Crippen molar-refractivity contribution >= 4 is 29.2 Å². The fraction of sp³-hybridized carbons (Fsp3) is 0.286. The number of fused-ring (bicyclic) bond motifs is 2. The van der Waals surface area contributed by atoms with E-state index in [9.17, 15) is 9.59 Å². The molecule has 0 bridgehead atoms. The van der Waals surface area contributed by atoms with E-state index in [1.807, 2.05) is 31.2 Å². The SMILES string of the molecule is Cc1cccc2c(=O)n(CC(=O)NCC3NCCc4ccccc43)cnc12.Cl. The van der Waals surface area contributed by atoms with Crippen molar-refractivity contribution in [2.75, 3.05) is 13.1 Å². The number of hydrogen-bond donors (Lipinski definition) is 2. The fourth-order valence-corrected chi connectivity index (χ4v) is 3.65. The van der Waals surface area contributed by atoms with Crippen LogP contribution in [-0.2, 0) is 17.8 Å². The van der Waals surface area contributed by atoms with E-state index in [4.69, 9.17) is 0 Å². The summed E-state index contributed by atoms with van der Waals surface area (Å²) in [5.41, 5.74) is 3.98. The Balaban J connectivity index is 0.00000225. The number of hydrogen-bond acceptors (Lipinski definition) is 4. The van der Waals surface area contributed by atoms with Crippen molar-refractivity contribution in [2.24, 2.45) is 0 Å². The Morgan fingerprint density at radius 1 is 1.25 bits per heavy atom. The number of nitrogens with zero attached hydrogens (tertiary/aromatic N) is 2. The van der Waals surface area contributed by atoms with E-state index in [0.717, 1.165) is 18.5 Å². The van der Waals surface area contributed by atoms with Crippen molar-refractivity contribution in [3.05, 3.63) is 75.8 Å². The first-order valence-electron chi connectivity index (χ1n) is 9.16. The molecule has 6 nitrogen and oxygen atoms in total. The monoisotopic (exact) mass is 398 g/mol. The summed E-state index contributed by atoms with van der Waals surface area (Å²) in [5.74, 6) is -0.198. The maximum Gasteiger partial charge on any atom is 0.261 e. The molecule has 1 aliphatic heterocycles. The molecular formula is C21H23ClN4O2. The number of aromatic nitrogens is 2. The predicted molar refractivity (Wildman–Crippen MR) is 112 cm³/mol. The Labute approximate surface area is 169 Å². The van der Waals surface area contributed by atoms with Gasteiger partial charge in [0.2, 0.25) is 5.91 Å². The second kappa shape index (κ2) is 8.54. The highest BCUT2D eigenvalue weighted by molar-refractivity contribution is 5.85. The lowest BCUT2D eigenvalue weighted by Gasteiger charge is -2.27. The molecule has 1 unspecified atom stereocenters. The molecule has 2 aromatic carbocycles. The average molecular weight is 399 g/mol. The molecule has 0 saturated carbocycles. The van der Waals surface area contributed by atoms with E-state index >= 15 is 0 Å². The number of carbonyl (C=O) groups is 1. The smallest absolute Gasteiger partial charge is 0.261 e. The fourth-order valence-electron chi connectivity index (χ4n) is 3.65. The molecular weight excluding hydrogens is 376 g/mol. The minimum Gasteiger partial charge on any atom is -0.353 e. The lowest BCUT2D eigenvalue weighted by atomic mass is 9.94. The molecule has 0 saturated heterocycles. The summed E-state index contributed by atoms with van der Waals surface area (Å²) >= 11 is 0. The highest BCUT2D eigenvalue weighted by Crippen LogP contribution is 2.21. The van der Waals surface area contributed by atoms with Gasteiger partial charge >= 0.3 is 0 Å². The number of para-hydroxylation sites is 1. The molecule has 0 spiro atoms. The van der Waals surface area contributed by atoms with Gasteiger partial charge in [0.25, 0.3) is 5.56 Å². The molecule has 1 atom stereocenters. The first kappa shape index (κ1) is 20.0. The van der Waals surface area contributed by atoms with Gasteiger partial charge in [-0.15, -0.1) is 12.4 Å². The van der Waals surface area contributed by atoms with E-state index < -0.39 is 0 Å². The van der Waals surface area contributed by atoms with Crippen LogP contribution in [0.2, 0.25) is 0 Å². The summed E-state index contributed by atoms with van der Waals surface area (Å²) < 4.78 is 1.36. The summed E-state index contributed by atoms with van der Waals surface area (Å²) in [6, 6.07) is 13.9. The summed E-state index contributed by atoms with van der Waals surface area (Å²) in [6.07, 6.45) is 2.45. The molecule has 28 heavy (non-hydrogen) atoms. The van der Waals surface area contributed by atoms with Crippen LogP contribution in [0.4, 0.5) is 0 Å². The first-order valence-corrected chi connectivity index (χ1v) is 9.16. The van der Waals surface area contributed by atoms with Crippen molar-refractivity contribution in [2.45, 2.75) is 25.9 Å². The van der Waals surface area contributed by atoms with Gasteiger partial charge in [-0.25, -0.2) is 4.98 Å². The van der Waals surface area contributed by atoms with Crippen LogP contribution >= 0.6 is 12.4 Å². The second-order valence-electron chi connectivity index (χ2n) is 6.91. The molecule has 0 aliphatic carbocycles. The van der Waals surface area contributed by atoms with Gasteiger partial charge in [0, 0.05) is 12.6 Å². The standard InChI is InChI=1S/C21H22N4O2.ClH/c1-14-5-4-8-17-20(14)24-13-25(21(17)27)12-19(26)23-11-18-16-7-3-2-6-15(16)9-10-22-18;/h2-8,13,18,22H,9-12H2,1H3,(H,23,26);1H. The number of rotatable bonds is 4. The zero-order valence-corrected chi connectivity index (χ0v) is 16.5. The maximum atomic E-state index is 12.6. The molecule has 1 aromatic heterocycles. The van der Waals surface area contributed by atoms with Crippen LogP contribution in [0.5, 0.6) is 0 Å². The highest BCUT2D eigenvalue weighted by atomic mass is 35.5. The minimum atomic E-state index is -0.198. The van der Waals surface area contributed by atoms with Crippen molar-refractivity contribution in [3.8, 4) is 0 Å². The van der Waals surface area contributed by atoms with Crippen molar-refractivity contribution in [1.82, 2.24) is 20.2 Å². The lowest BCUT2D eigenvalue weighted by Crippen LogP contribution is -2.40. The van der Waals surface area contributed by atoms with Crippen LogP contribution in [-0.4, -0.2) is 28.5 Å². The molecule has 2 N–H and O–H groups in total. The molecule has 0 radical (unpaired) electrons. The number of aryl methyl sites for hydroxylation is 1. The van der Waals surface area contributed by atoms with Gasteiger partial charge < -0.3 is 10.6 Å². The number of carbonyl (C=O) groups excluding carboxylic acids is 1. The Hall–Kier alpha value is -2.70. The molecule has 4 rings (SSSR count). The third-order valence-corrected chi connectivity index (χ3v) is 5.09. The maximum absolute atomic E-state index is 12.6. The van der Waals surface area contributed by atoms with E-state index in [1.54, 1.807) is 6.07 Å². The van der Waals surface area contributed by atoms with Crippen molar-refractivity contribution in [3.63, 3.8) is 0 Å². The molecule has 146 valence electrons. The molecule has 0 fully saturated rings. The van der Waals surface area contributed by atoms with Crippen LogP contribution in [0.25, 0.3) is 10.9 Å². The van der Waals surface area contributed by atoms with Crippen LogP contribution in [0, 0.1) is 6.92 Å². The van der Waals surface area contributed by atoms with E-state index in [2.05, 4.69) is 27.8 Å². The molecule has 1 aliphatic rings. The van der Waals surface area contributed by atoms with Gasteiger partial charge in [0.15, 0.2) is 0 Å². The van der Waals surface area contributed by atoms with E-state index in [-0.39, 0.29) is 36.5 Å².